The Labute approximate surface area is 109 Å². The number of rotatable bonds is 4. The van der Waals surface area contributed by atoms with Gasteiger partial charge in [-0.1, -0.05) is 22.9 Å². The van der Waals surface area contributed by atoms with Crippen LogP contribution in [0, 0.1) is 5.92 Å². The molecule has 1 rings (SSSR count). The first-order valence-electron chi connectivity index (χ1n) is 5.36. The average molecular weight is 302 g/mol. The van der Waals surface area contributed by atoms with Gasteiger partial charge in [-0.2, -0.15) is 0 Å². The monoisotopic (exact) mass is 301 g/mol. The second-order valence-corrected chi connectivity index (χ2v) is 5.00. The molecule has 1 aromatic carbocycles. The summed E-state index contributed by atoms with van der Waals surface area (Å²) in [5.41, 5.74) is 0.227. The molecule has 0 saturated heterocycles. The number of amides is 1. The third-order valence-electron chi connectivity index (χ3n) is 2.70. The van der Waals surface area contributed by atoms with E-state index >= 15 is 0 Å². The van der Waals surface area contributed by atoms with E-state index < -0.39 is 0 Å². The second kappa shape index (κ2) is 6.02. The van der Waals surface area contributed by atoms with Crippen LogP contribution in [0.1, 0.15) is 24.2 Å². The predicted molar refractivity (Wildman–Crippen MR) is 69.0 cm³/mol. The highest BCUT2D eigenvalue weighted by Crippen LogP contribution is 2.22. The molecule has 0 radical (unpaired) electrons. The summed E-state index contributed by atoms with van der Waals surface area (Å²) in [6.45, 7) is 3.66. The molecule has 0 saturated carbocycles. The molecule has 0 aliphatic rings. The molecule has 0 aromatic heterocycles. The minimum Gasteiger partial charge on any atom is -0.507 e. The summed E-state index contributed by atoms with van der Waals surface area (Å²) >= 11 is 3.21. The number of hydrogen-bond acceptors (Lipinski definition) is 3. The molecule has 0 heterocycles. The van der Waals surface area contributed by atoms with Gasteiger partial charge in [0.05, 0.1) is 5.56 Å². The van der Waals surface area contributed by atoms with Gasteiger partial charge in [-0.3, -0.25) is 4.79 Å². The number of nitrogens with one attached hydrogen (secondary N) is 1. The summed E-state index contributed by atoms with van der Waals surface area (Å²) < 4.78 is 0.711. The first kappa shape index (κ1) is 14.0. The maximum absolute atomic E-state index is 11.8. The Kier molecular flexibility index (Phi) is 4.96. The zero-order chi connectivity index (χ0) is 13.0. The van der Waals surface area contributed by atoms with E-state index in [2.05, 4.69) is 21.2 Å². The van der Waals surface area contributed by atoms with Crippen LogP contribution in [-0.4, -0.2) is 28.8 Å². The lowest BCUT2D eigenvalue weighted by atomic mass is 10.0. The molecule has 2 unspecified atom stereocenters. The average Bonchev–Trinajstić information content (AvgIpc) is 2.27. The Bertz CT molecular complexity index is 409. The van der Waals surface area contributed by atoms with Gasteiger partial charge in [-0.25, -0.2) is 0 Å². The number of aliphatic hydroxyl groups is 1. The van der Waals surface area contributed by atoms with Gasteiger partial charge in [0.15, 0.2) is 0 Å². The topological polar surface area (TPSA) is 69.6 Å². The molecule has 0 aliphatic carbocycles. The molecule has 4 nitrogen and oxygen atoms in total. The maximum Gasteiger partial charge on any atom is 0.255 e. The van der Waals surface area contributed by atoms with Gasteiger partial charge in [0, 0.05) is 17.1 Å². The Morgan fingerprint density at radius 3 is 2.65 bits per heavy atom. The SMILES string of the molecule is CC(CO)C(C)NC(=O)c1ccc(Br)cc1O. The molecule has 0 bridgehead atoms. The zero-order valence-electron chi connectivity index (χ0n) is 9.77. The summed E-state index contributed by atoms with van der Waals surface area (Å²) in [6, 6.07) is 4.55. The molecular formula is C12H16BrNO3. The van der Waals surface area contributed by atoms with Crippen LogP contribution in [0.2, 0.25) is 0 Å². The number of carbonyl (C=O) groups is 1. The van der Waals surface area contributed by atoms with Gasteiger partial charge < -0.3 is 15.5 Å². The molecule has 1 amide bonds. The van der Waals surface area contributed by atoms with E-state index in [1.165, 1.54) is 6.07 Å². The summed E-state index contributed by atoms with van der Waals surface area (Å²) in [4.78, 5) is 11.8. The van der Waals surface area contributed by atoms with Crippen molar-refractivity contribution in [3.8, 4) is 5.75 Å². The maximum atomic E-state index is 11.8. The van der Waals surface area contributed by atoms with Gasteiger partial charge in [0.2, 0.25) is 0 Å². The third-order valence-corrected chi connectivity index (χ3v) is 3.20. The largest absolute Gasteiger partial charge is 0.507 e. The molecule has 5 heteroatoms. The number of phenolic OH excluding ortho intramolecular Hbond substituents is 1. The normalized spacial score (nSPS) is 14.1. The Hall–Kier alpha value is -1.07. The molecule has 3 N–H and O–H groups in total. The second-order valence-electron chi connectivity index (χ2n) is 4.08. The summed E-state index contributed by atoms with van der Waals surface area (Å²) in [7, 11) is 0. The first-order valence-corrected chi connectivity index (χ1v) is 6.15. The van der Waals surface area contributed by atoms with Crippen LogP contribution in [0.4, 0.5) is 0 Å². The number of benzene rings is 1. The van der Waals surface area contributed by atoms with E-state index in [9.17, 15) is 9.90 Å². The zero-order valence-corrected chi connectivity index (χ0v) is 11.4. The van der Waals surface area contributed by atoms with Crippen molar-refractivity contribution in [1.29, 1.82) is 0 Å². The van der Waals surface area contributed by atoms with E-state index in [1.807, 2.05) is 13.8 Å². The lowest BCUT2D eigenvalue weighted by Gasteiger charge is -2.19. The van der Waals surface area contributed by atoms with Crippen LogP contribution in [0.15, 0.2) is 22.7 Å². The first-order chi connectivity index (χ1) is 7.95. The lowest BCUT2D eigenvalue weighted by Crippen LogP contribution is -2.38. The van der Waals surface area contributed by atoms with Gasteiger partial charge in [0.1, 0.15) is 5.75 Å². The minimum absolute atomic E-state index is 0.00771. The number of phenols is 1. The smallest absolute Gasteiger partial charge is 0.255 e. The number of aromatic hydroxyl groups is 1. The van der Waals surface area contributed by atoms with Crippen molar-refractivity contribution in [3.63, 3.8) is 0 Å². The third kappa shape index (κ3) is 3.71. The Morgan fingerprint density at radius 2 is 2.12 bits per heavy atom. The van der Waals surface area contributed by atoms with E-state index in [0.29, 0.717) is 4.47 Å². The highest BCUT2D eigenvalue weighted by Gasteiger charge is 2.17. The van der Waals surface area contributed by atoms with E-state index in [-0.39, 0.29) is 35.8 Å². The summed E-state index contributed by atoms with van der Waals surface area (Å²) in [5.74, 6) is -0.444. The van der Waals surface area contributed by atoms with Crippen molar-refractivity contribution in [1.82, 2.24) is 5.32 Å². The van der Waals surface area contributed by atoms with Crippen LogP contribution >= 0.6 is 15.9 Å². The molecular weight excluding hydrogens is 286 g/mol. The molecule has 2 atom stereocenters. The van der Waals surface area contributed by atoms with Crippen molar-refractivity contribution in [3.05, 3.63) is 28.2 Å². The molecule has 0 fully saturated rings. The van der Waals surface area contributed by atoms with Crippen molar-refractivity contribution in [2.75, 3.05) is 6.61 Å². The van der Waals surface area contributed by atoms with Gasteiger partial charge >= 0.3 is 0 Å². The number of aliphatic hydroxyl groups excluding tert-OH is 1. The fraction of sp³-hybridized carbons (Fsp3) is 0.417. The van der Waals surface area contributed by atoms with Gasteiger partial charge in [-0.15, -0.1) is 0 Å². The number of hydrogen-bond donors (Lipinski definition) is 3. The van der Waals surface area contributed by atoms with Crippen molar-refractivity contribution >= 4 is 21.8 Å². The van der Waals surface area contributed by atoms with Crippen LogP contribution in [-0.2, 0) is 0 Å². The molecule has 0 aliphatic heterocycles. The van der Waals surface area contributed by atoms with Crippen LogP contribution in [0.5, 0.6) is 5.75 Å². The van der Waals surface area contributed by atoms with Crippen molar-refractivity contribution in [2.24, 2.45) is 5.92 Å². The fourth-order valence-electron chi connectivity index (χ4n) is 1.28. The van der Waals surface area contributed by atoms with Crippen molar-refractivity contribution in [2.45, 2.75) is 19.9 Å². The Morgan fingerprint density at radius 1 is 1.47 bits per heavy atom. The lowest BCUT2D eigenvalue weighted by molar-refractivity contribution is 0.0913. The van der Waals surface area contributed by atoms with Gasteiger partial charge in [0.25, 0.3) is 5.91 Å². The minimum atomic E-state index is -0.345. The fourth-order valence-corrected chi connectivity index (χ4v) is 1.63. The van der Waals surface area contributed by atoms with E-state index in [0.717, 1.165) is 0 Å². The van der Waals surface area contributed by atoms with Crippen molar-refractivity contribution < 1.29 is 15.0 Å². The Balaban J connectivity index is 2.76. The van der Waals surface area contributed by atoms with E-state index in [1.54, 1.807) is 12.1 Å². The summed E-state index contributed by atoms with van der Waals surface area (Å²) in [6.07, 6.45) is 0. The highest BCUT2D eigenvalue weighted by atomic mass is 79.9. The molecule has 0 spiro atoms. The molecule has 1 aromatic rings. The summed E-state index contributed by atoms with van der Waals surface area (Å²) in [5, 5.41) is 21.3. The van der Waals surface area contributed by atoms with Gasteiger partial charge in [-0.05, 0) is 31.0 Å². The van der Waals surface area contributed by atoms with E-state index in [4.69, 9.17) is 5.11 Å². The molecule has 94 valence electrons. The standard InChI is InChI=1S/C12H16BrNO3/c1-7(6-15)8(2)14-12(17)10-4-3-9(13)5-11(10)16/h3-5,7-8,15-16H,6H2,1-2H3,(H,14,17). The molecule has 17 heavy (non-hydrogen) atoms. The van der Waals surface area contributed by atoms with Crippen LogP contribution in [0.25, 0.3) is 0 Å². The predicted octanol–water partition coefficient (Wildman–Crippen LogP) is 1.90. The number of halogens is 1. The highest BCUT2D eigenvalue weighted by molar-refractivity contribution is 9.10. The van der Waals surface area contributed by atoms with Crippen LogP contribution in [0.3, 0.4) is 0 Å². The van der Waals surface area contributed by atoms with Crippen LogP contribution < -0.4 is 5.32 Å². The quantitative estimate of drug-likeness (QED) is 0.795. The number of carbonyl (C=O) groups excluding carboxylic acids is 1.